The molecule has 0 spiro atoms. The van der Waals surface area contributed by atoms with Crippen molar-refractivity contribution in [2.24, 2.45) is 5.92 Å². The Morgan fingerprint density at radius 3 is 2.22 bits per heavy atom. The van der Waals surface area contributed by atoms with Gasteiger partial charge in [-0.15, -0.1) is 0 Å². The van der Waals surface area contributed by atoms with E-state index in [1.165, 1.54) is 0 Å². The SMILES string of the molecule is CCCCOC(=O)CCC1CCN(C2CCN(C(=O)[C@@H](Cc3cc(C)c(O)c(C)c3)OC(=O)N3CCC(N4CCc5ccccc5NC4=O)CC3)CC2)CC1. The molecule has 0 radical (unpaired) electrons. The molecule has 0 aromatic heterocycles. The summed E-state index contributed by atoms with van der Waals surface area (Å²) in [7, 11) is 0. The number of likely N-dealkylation sites (tertiary alicyclic amines) is 3. The van der Waals surface area contributed by atoms with Crippen LogP contribution in [0.4, 0.5) is 15.3 Å². The molecule has 3 saturated heterocycles. The predicted molar refractivity (Wildman–Crippen MR) is 211 cm³/mol. The number of esters is 1. The number of urea groups is 1. The Hall–Kier alpha value is -4.32. The number of phenolic OH excluding ortho intramolecular Hbond substituents is 1. The number of aryl methyl sites for hydroxylation is 2. The summed E-state index contributed by atoms with van der Waals surface area (Å²) in [6.07, 6.45) is 7.92. The van der Waals surface area contributed by atoms with Gasteiger partial charge in [0.05, 0.1) is 6.61 Å². The van der Waals surface area contributed by atoms with E-state index < -0.39 is 12.2 Å². The summed E-state index contributed by atoms with van der Waals surface area (Å²) < 4.78 is 11.4. The van der Waals surface area contributed by atoms with E-state index in [9.17, 15) is 24.3 Å². The minimum Gasteiger partial charge on any atom is -0.507 e. The van der Waals surface area contributed by atoms with Crippen molar-refractivity contribution in [2.75, 3.05) is 57.7 Å². The number of para-hydroxylation sites is 1. The van der Waals surface area contributed by atoms with Crippen molar-refractivity contribution < 1.29 is 33.8 Å². The van der Waals surface area contributed by atoms with E-state index in [-0.39, 0.29) is 36.1 Å². The number of nitrogens with one attached hydrogen (secondary N) is 1. The van der Waals surface area contributed by atoms with Gasteiger partial charge in [-0.3, -0.25) is 9.59 Å². The summed E-state index contributed by atoms with van der Waals surface area (Å²) in [5, 5.41) is 13.5. The topological polar surface area (TPSA) is 132 Å². The van der Waals surface area contributed by atoms with Crippen molar-refractivity contribution in [1.82, 2.24) is 19.6 Å². The summed E-state index contributed by atoms with van der Waals surface area (Å²) in [6, 6.07) is 11.9. The molecular weight excluding hydrogens is 699 g/mol. The van der Waals surface area contributed by atoms with Crippen molar-refractivity contribution in [3.8, 4) is 5.75 Å². The molecule has 0 unspecified atom stereocenters. The Morgan fingerprint density at radius 2 is 1.53 bits per heavy atom. The van der Waals surface area contributed by atoms with E-state index in [1.807, 2.05) is 60.0 Å². The molecular formula is C43H61N5O7. The molecule has 4 amide bonds. The van der Waals surface area contributed by atoms with E-state index >= 15 is 0 Å². The van der Waals surface area contributed by atoms with Crippen molar-refractivity contribution in [2.45, 2.75) is 116 Å². The van der Waals surface area contributed by atoms with Gasteiger partial charge < -0.3 is 39.5 Å². The van der Waals surface area contributed by atoms with E-state index in [0.29, 0.717) is 81.7 Å². The maximum atomic E-state index is 14.2. The van der Waals surface area contributed by atoms with E-state index in [1.54, 1.807) is 4.90 Å². The normalized spacial score (nSPS) is 19.7. The number of phenols is 1. The zero-order valence-corrected chi connectivity index (χ0v) is 33.1. The Kier molecular flexibility index (Phi) is 14.0. The molecule has 2 aromatic carbocycles. The second kappa shape index (κ2) is 19.0. The van der Waals surface area contributed by atoms with Crippen LogP contribution in [0.25, 0.3) is 0 Å². The summed E-state index contributed by atoms with van der Waals surface area (Å²) in [5.41, 5.74) is 4.23. The number of hydrogen-bond donors (Lipinski definition) is 2. The first-order chi connectivity index (χ1) is 26.6. The fourth-order valence-corrected chi connectivity index (χ4v) is 8.84. The largest absolute Gasteiger partial charge is 0.507 e. The van der Waals surface area contributed by atoms with Crippen LogP contribution in [0, 0.1) is 19.8 Å². The van der Waals surface area contributed by atoms with Crippen molar-refractivity contribution in [3.05, 3.63) is 58.7 Å². The van der Waals surface area contributed by atoms with E-state index in [0.717, 1.165) is 81.3 Å². The smallest absolute Gasteiger partial charge is 0.410 e. The van der Waals surface area contributed by atoms with Crippen LogP contribution in [0.2, 0.25) is 0 Å². The highest BCUT2D eigenvalue weighted by Gasteiger charge is 2.37. The van der Waals surface area contributed by atoms with Crippen LogP contribution in [0.3, 0.4) is 0 Å². The number of nitrogens with zero attached hydrogens (tertiary/aromatic N) is 4. The Bertz CT molecular complexity index is 1620. The van der Waals surface area contributed by atoms with Crippen molar-refractivity contribution >= 4 is 29.7 Å². The van der Waals surface area contributed by atoms with Crippen molar-refractivity contribution in [1.29, 1.82) is 0 Å². The number of rotatable bonds is 12. The molecule has 300 valence electrons. The molecule has 1 atom stereocenters. The standard InChI is InChI=1S/C43H61N5O7/c1-4-5-26-54-39(49)11-10-32-12-19-45(20-13-32)35-15-21-46(22-16-35)41(51)38(29-33-27-30(2)40(50)31(3)28-33)55-43(53)47-23-17-36(18-24-47)48-25-14-34-8-6-7-9-37(34)44-42(48)52/h6-9,27-28,32,35-36,38,50H,4-5,10-26,29H2,1-3H3,(H,44,52)/t38-/m1/s1. The lowest BCUT2D eigenvalue weighted by molar-refractivity contribution is -0.144. The minimum atomic E-state index is -0.996. The van der Waals surface area contributed by atoms with Crippen LogP contribution in [-0.2, 0) is 31.9 Å². The van der Waals surface area contributed by atoms with Gasteiger partial charge in [0.1, 0.15) is 5.75 Å². The average molecular weight is 760 g/mol. The molecule has 0 aliphatic carbocycles. The second-order valence-electron chi connectivity index (χ2n) is 16.1. The number of piperidine rings is 3. The van der Waals surface area contributed by atoms with Gasteiger partial charge >= 0.3 is 18.1 Å². The molecule has 6 rings (SSSR count). The summed E-state index contributed by atoms with van der Waals surface area (Å²) >= 11 is 0. The van der Waals surface area contributed by atoms with Crippen LogP contribution in [0.15, 0.2) is 36.4 Å². The zero-order valence-electron chi connectivity index (χ0n) is 33.1. The van der Waals surface area contributed by atoms with Gasteiger partial charge in [-0.25, -0.2) is 9.59 Å². The Balaban J connectivity index is 1.01. The number of fused-ring (bicyclic) bond motifs is 1. The Morgan fingerprint density at radius 1 is 0.873 bits per heavy atom. The van der Waals surface area contributed by atoms with Gasteiger partial charge in [0.25, 0.3) is 5.91 Å². The van der Waals surface area contributed by atoms with Gasteiger partial charge in [-0.05, 0) is 119 Å². The highest BCUT2D eigenvalue weighted by molar-refractivity contribution is 5.91. The molecule has 4 aliphatic rings. The van der Waals surface area contributed by atoms with Gasteiger partial charge in [-0.2, -0.15) is 0 Å². The van der Waals surface area contributed by atoms with Crippen LogP contribution in [0.5, 0.6) is 5.75 Å². The first-order valence-corrected chi connectivity index (χ1v) is 20.7. The van der Waals surface area contributed by atoms with Gasteiger partial charge in [-0.1, -0.05) is 43.7 Å². The van der Waals surface area contributed by atoms with Crippen LogP contribution < -0.4 is 5.32 Å². The maximum absolute atomic E-state index is 14.2. The monoisotopic (exact) mass is 759 g/mol. The third-order valence-electron chi connectivity index (χ3n) is 12.3. The quantitative estimate of drug-likeness (QED) is 0.187. The number of amides is 4. The molecule has 55 heavy (non-hydrogen) atoms. The summed E-state index contributed by atoms with van der Waals surface area (Å²) in [5.74, 6) is 0.499. The molecule has 3 fully saturated rings. The molecule has 4 aliphatic heterocycles. The molecule has 12 heteroatoms. The molecule has 2 aromatic rings. The molecule has 4 heterocycles. The number of aromatic hydroxyl groups is 1. The minimum absolute atomic E-state index is 0.00458. The van der Waals surface area contributed by atoms with Gasteiger partial charge in [0, 0.05) is 63.3 Å². The van der Waals surface area contributed by atoms with E-state index in [2.05, 4.69) is 17.1 Å². The fourth-order valence-electron chi connectivity index (χ4n) is 8.84. The van der Waals surface area contributed by atoms with Crippen molar-refractivity contribution in [3.63, 3.8) is 0 Å². The van der Waals surface area contributed by atoms with Crippen LogP contribution in [-0.4, -0.2) is 119 Å². The summed E-state index contributed by atoms with van der Waals surface area (Å²) in [4.78, 5) is 61.1. The highest BCUT2D eigenvalue weighted by Crippen LogP contribution is 2.29. The van der Waals surface area contributed by atoms with Crippen LogP contribution >= 0.6 is 0 Å². The number of carbonyl (C=O) groups excluding carboxylic acids is 4. The van der Waals surface area contributed by atoms with E-state index in [4.69, 9.17) is 9.47 Å². The lowest BCUT2D eigenvalue weighted by Gasteiger charge is -2.42. The zero-order chi connectivity index (χ0) is 38.9. The average Bonchev–Trinajstić information content (AvgIpc) is 3.37. The number of anilines is 1. The molecule has 0 bridgehead atoms. The lowest BCUT2D eigenvalue weighted by Crippen LogP contribution is -2.53. The predicted octanol–water partition coefficient (Wildman–Crippen LogP) is 6.44. The maximum Gasteiger partial charge on any atom is 0.410 e. The molecule has 0 saturated carbocycles. The van der Waals surface area contributed by atoms with Gasteiger partial charge in [0.2, 0.25) is 0 Å². The molecule has 12 nitrogen and oxygen atoms in total. The lowest BCUT2D eigenvalue weighted by atomic mass is 9.90. The third kappa shape index (κ3) is 10.5. The number of unbranched alkanes of at least 4 members (excludes halogenated alkanes) is 1. The first kappa shape index (κ1) is 40.3. The van der Waals surface area contributed by atoms with Gasteiger partial charge in [0.15, 0.2) is 6.10 Å². The second-order valence-corrected chi connectivity index (χ2v) is 16.1. The fraction of sp³-hybridized carbons (Fsp3) is 0.628. The molecule has 2 N–H and O–H groups in total. The highest BCUT2D eigenvalue weighted by atomic mass is 16.6. The third-order valence-corrected chi connectivity index (χ3v) is 12.3. The Labute approximate surface area is 326 Å². The number of ether oxygens (including phenoxy) is 2. The van der Waals surface area contributed by atoms with Crippen LogP contribution in [0.1, 0.15) is 93.4 Å². The number of hydrogen-bond acceptors (Lipinski definition) is 8. The first-order valence-electron chi connectivity index (χ1n) is 20.7. The number of carbonyl (C=O) groups is 4. The number of benzene rings is 2. The summed E-state index contributed by atoms with van der Waals surface area (Å²) in [6.45, 7) is 11.0.